The Morgan fingerprint density at radius 1 is 1.38 bits per heavy atom. The maximum absolute atomic E-state index is 9.22. The number of aromatic hydroxyl groups is 2. The molecule has 88 valence electrons. The molecule has 1 aromatic carbocycles. The molecule has 1 aromatic rings. The number of hydrogen-bond acceptors (Lipinski definition) is 4. The normalized spacial score (nSPS) is 12.9. The Morgan fingerprint density at radius 2 is 2.12 bits per heavy atom. The molecule has 16 heavy (non-hydrogen) atoms. The smallest absolute Gasteiger partial charge is 0.176 e. The number of ether oxygens (including phenoxy) is 1. The molecular weight excluding hydrogens is 206 g/mol. The van der Waals surface area contributed by atoms with Gasteiger partial charge in [-0.15, -0.1) is 0 Å². The highest BCUT2D eigenvalue weighted by molar-refractivity contribution is 5.54. The van der Waals surface area contributed by atoms with E-state index in [4.69, 9.17) is 9.84 Å². The van der Waals surface area contributed by atoms with Gasteiger partial charge in [0.2, 0.25) is 0 Å². The van der Waals surface area contributed by atoms with Crippen molar-refractivity contribution in [2.75, 3.05) is 0 Å². The lowest BCUT2D eigenvalue weighted by molar-refractivity contribution is 0.401. The van der Waals surface area contributed by atoms with Crippen molar-refractivity contribution >= 4 is 6.40 Å². The quantitative estimate of drug-likeness (QED) is 0.458. The molecule has 0 aliphatic heterocycles. The summed E-state index contributed by atoms with van der Waals surface area (Å²) in [4.78, 5) is 4.17. The minimum absolute atomic E-state index is 0.163. The van der Waals surface area contributed by atoms with Crippen LogP contribution >= 0.6 is 0 Å². The molecule has 0 saturated heterocycles. The second kappa shape index (κ2) is 6.00. The van der Waals surface area contributed by atoms with Gasteiger partial charge in [-0.3, -0.25) is 4.99 Å². The minimum atomic E-state index is -0.201. The van der Waals surface area contributed by atoms with Gasteiger partial charge in [-0.05, 0) is 25.5 Å². The third kappa shape index (κ3) is 3.81. The summed E-state index contributed by atoms with van der Waals surface area (Å²) in [6.45, 7) is 4.11. The zero-order chi connectivity index (χ0) is 12.0. The first-order valence-electron chi connectivity index (χ1n) is 5.33. The lowest BCUT2D eigenvalue weighted by Crippen LogP contribution is -1.99. The standard InChI is InChI=1S/C12H17NO3/c1-3-4-9(2)13-8-16-10-5-6-11(14)12(15)7-10/h5-9,14-15H,3-4H2,1-2H3. The Hall–Kier alpha value is -1.71. The first-order valence-corrected chi connectivity index (χ1v) is 5.33. The first kappa shape index (κ1) is 12.4. The van der Waals surface area contributed by atoms with Crippen LogP contribution in [-0.2, 0) is 0 Å². The number of phenolic OH excluding ortho intramolecular Hbond substituents is 2. The fraction of sp³-hybridized carbons (Fsp3) is 0.417. The summed E-state index contributed by atoms with van der Waals surface area (Å²) in [5, 5.41) is 18.3. The molecule has 4 nitrogen and oxygen atoms in total. The number of hydrogen-bond donors (Lipinski definition) is 2. The molecule has 0 saturated carbocycles. The van der Waals surface area contributed by atoms with Gasteiger partial charge < -0.3 is 14.9 Å². The van der Waals surface area contributed by atoms with Crippen LogP contribution in [-0.4, -0.2) is 22.7 Å². The van der Waals surface area contributed by atoms with Crippen molar-refractivity contribution < 1.29 is 14.9 Å². The predicted molar refractivity (Wildman–Crippen MR) is 63.3 cm³/mol. The zero-order valence-corrected chi connectivity index (χ0v) is 9.55. The SMILES string of the molecule is CCCC(C)N=COc1ccc(O)c(O)c1. The highest BCUT2D eigenvalue weighted by Gasteiger charge is 2.00. The second-order valence-corrected chi connectivity index (χ2v) is 3.66. The molecule has 0 heterocycles. The van der Waals surface area contributed by atoms with Gasteiger partial charge in [0.1, 0.15) is 5.75 Å². The maximum Gasteiger partial charge on any atom is 0.176 e. The molecule has 0 amide bonds. The molecule has 0 spiro atoms. The topological polar surface area (TPSA) is 62.0 Å². The monoisotopic (exact) mass is 223 g/mol. The summed E-state index contributed by atoms with van der Waals surface area (Å²) in [6.07, 6.45) is 3.46. The van der Waals surface area contributed by atoms with Crippen molar-refractivity contribution in [1.82, 2.24) is 0 Å². The zero-order valence-electron chi connectivity index (χ0n) is 9.55. The average molecular weight is 223 g/mol. The summed E-state index contributed by atoms with van der Waals surface area (Å²) in [7, 11) is 0. The third-order valence-corrected chi connectivity index (χ3v) is 2.16. The van der Waals surface area contributed by atoms with Crippen LogP contribution in [0.2, 0.25) is 0 Å². The number of nitrogens with zero attached hydrogens (tertiary/aromatic N) is 1. The van der Waals surface area contributed by atoms with Gasteiger partial charge >= 0.3 is 0 Å². The molecule has 0 radical (unpaired) electrons. The van der Waals surface area contributed by atoms with Gasteiger partial charge in [0.05, 0.1) is 6.04 Å². The molecule has 0 bridgehead atoms. The number of benzene rings is 1. The fourth-order valence-corrected chi connectivity index (χ4v) is 1.26. The number of aliphatic imine (C=N–C) groups is 1. The summed E-state index contributed by atoms with van der Waals surface area (Å²) < 4.78 is 5.20. The van der Waals surface area contributed by atoms with Crippen molar-refractivity contribution in [3.8, 4) is 17.2 Å². The van der Waals surface area contributed by atoms with Gasteiger partial charge in [0.15, 0.2) is 17.9 Å². The van der Waals surface area contributed by atoms with Crippen molar-refractivity contribution in [2.24, 2.45) is 4.99 Å². The van der Waals surface area contributed by atoms with Crippen molar-refractivity contribution in [1.29, 1.82) is 0 Å². The van der Waals surface area contributed by atoms with E-state index in [0.717, 1.165) is 12.8 Å². The number of rotatable bonds is 5. The van der Waals surface area contributed by atoms with E-state index in [0.29, 0.717) is 5.75 Å². The highest BCUT2D eigenvalue weighted by Crippen LogP contribution is 2.28. The van der Waals surface area contributed by atoms with Crippen LogP contribution in [0.3, 0.4) is 0 Å². The van der Waals surface area contributed by atoms with E-state index in [2.05, 4.69) is 11.9 Å². The van der Waals surface area contributed by atoms with E-state index in [9.17, 15) is 5.11 Å². The van der Waals surface area contributed by atoms with E-state index in [1.165, 1.54) is 18.5 Å². The van der Waals surface area contributed by atoms with E-state index < -0.39 is 0 Å². The summed E-state index contributed by atoms with van der Waals surface area (Å²) >= 11 is 0. The molecule has 2 N–H and O–H groups in total. The number of phenols is 2. The molecule has 1 atom stereocenters. The van der Waals surface area contributed by atoms with Gasteiger partial charge in [0.25, 0.3) is 0 Å². The van der Waals surface area contributed by atoms with E-state index in [-0.39, 0.29) is 17.5 Å². The van der Waals surface area contributed by atoms with Crippen LogP contribution in [0, 0.1) is 0 Å². The summed E-state index contributed by atoms with van der Waals surface area (Å²) in [5.41, 5.74) is 0. The van der Waals surface area contributed by atoms with E-state index in [1.807, 2.05) is 6.92 Å². The molecule has 1 rings (SSSR count). The van der Waals surface area contributed by atoms with Crippen LogP contribution in [0.1, 0.15) is 26.7 Å². The van der Waals surface area contributed by atoms with E-state index in [1.54, 1.807) is 6.07 Å². The molecule has 4 heteroatoms. The third-order valence-electron chi connectivity index (χ3n) is 2.16. The van der Waals surface area contributed by atoms with Crippen molar-refractivity contribution in [2.45, 2.75) is 32.7 Å². The second-order valence-electron chi connectivity index (χ2n) is 3.66. The maximum atomic E-state index is 9.22. The lowest BCUT2D eigenvalue weighted by atomic mass is 10.2. The van der Waals surface area contributed by atoms with Crippen LogP contribution in [0.4, 0.5) is 0 Å². The molecule has 0 aliphatic carbocycles. The van der Waals surface area contributed by atoms with Crippen LogP contribution in [0.15, 0.2) is 23.2 Å². The Balaban J connectivity index is 2.51. The molecule has 0 aromatic heterocycles. The fourth-order valence-electron chi connectivity index (χ4n) is 1.26. The summed E-state index contributed by atoms with van der Waals surface area (Å²) in [6, 6.07) is 4.50. The predicted octanol–water partition coefficient (Wildman–Crippen LogP) is 2.69. The van der Waals surface area contributed by atoms with Crippen molar-refractivity contribution in [3.63, 3.8) is 0 Å². The van der Waals surface area contributed by atoms with Crippen molar-refractivity contribution in [3.05, 3.63) is 18.2 Å². The van der Waals surface area contributed by atoms with Crippen LogP contribution in [0.25, 0.3) is 0 Å². The summed E-state index contributed by atoms with van der Waals surface area (Å²) in [5.74, 6) is 0.0823. The Bertz CT molecular complexity index is 363. The Kier molecular flexibility index (Phi) is 4.64. The minimum Gasteiger partial charge on any atom is -0.504 e. The van der Waals surface area contributed by atoms with Gasteiger partial charge in [-0.1, -0.05) is 13.3 Å². The molecule has 0 fully saturated rings. The van der Waals surface area contributed by atoms with E-state index >= 15 is 0 Å². The molecule has 0 aliphatic rings. The van der Waals surface area contributed by atoms with Crippen LogP contribution in [0.5, 0.6) is 17.2 Å². The Morgan fingerprint density at radius 3 is 2.75 bits per heavy atom. The first-order chi connectivity index (χ1) is 7.63. The lowest BCUT2D eigenvalue weighted by Gasteiger charge is -2.04. The largest absolute Gasteiger partial charge is 0.504 e. The van der Waals surface area contributed by atoms with Gasteiger partial charge in [-0.2, -0.15) is 0 Å². The van der Waals surface area contributed by atoms with Crippen LogP contribution < -0.4 is 4.74 Å². The molecule has 1 unspecified atom stereocenters. The Labute approximate surface area is 95.2 Å². The van der Waals surface area contributed by atoms with Gasteiger partial charge in [0, 0.05) is 6.07 Å². The highest BCUT2D eigenvalue weighted by atomic mass is 16.5. The molecular formula is C12H17NO3. The van der Waals surface area contributed by atoms with Gasteiger partial charge in [-0.25, -0.2) is 0 Å². The average Bonchev–Trinajstić information content (AvgIpc) is 2.24.